The summed E-state index contributed by atoms with van der Waals surface area (Å²) < 4.78 is 7.42. The van der Waals surface area contributed by atoms with Crippen LogP contribution in [0.4, 0.5) is 0 Å². The van der Waals surface area contributed by atoms with Gasteiger partial charge in [-0.05, 0) is 17.7 Å². The number of rotatable bonds is 7. The number of benzene rings is 2. The second-order valence-corrected chi connectivity index (χ2v) is 9.27. The second-order valence-electron chi connectivity index (χ2n) is 7.06. The van der Waals surface area contributed by atoms with Crippen LogP contribution >= 0.6 is 34.7 Å². The van der Waals surface area contributed by atoms with Crippen molar-refractivity contribution in [3.05, 3.63) is 93.9 Å². The van der Waals surface area contributed by atoms with E-state index >= 15 is 0 Å². The SMILES string of the molecule is C=CCn1c(SCc2nnc(-c3ccccc3Cl)o2)nc2scc(-c3ccccc3)c2c1=O. The fourth-order valence-electron chi connectivity index (χ4n) is 3.42. The maximum absolute atomic E-state index is 13.4. The molecule has 0 unspecified atom stereocenters. The lowest BCUT2D eigenvalue weighted by atomic mass is 10.1. The van der Waals surface area contributed by atoms with Crippen molar-refractivity contribution in [2.24, 2.45) is 0 Å². The highest BCUT2D eigenvalue weighted by Crippen LogP contribution is 2.33. The Kier molecular flexibility index (Phi) is 6.13. The molecule has 2 aromatic carbocycles. The van der Waals surface area contributed by atoms with Gasteiger partial charge in [-0.1, -0.05) is 71.9 Å². The van der Waals surface area contributed by atoms with E-state index in [1.807, 2.05) is 53.9 Å². The summed E-state index contributed by atoms with van der Waals surface area (Å²) >= 11 is 9.05. The van der Waals surface area contributed by atoms with Gasteiger partial charge in [0.15, 0.2) is 5.16 Å². The molecule has 0 atom stereocenters. The second kappa shape index (κ2) is 9.35. The summed E-state index contributed by atoms with van der Waals surface area (Å²) in [5.74, 6) is 1.14. The number of nitrogens with zero attached hydrogens (tertiary/aromatic N) is 4. The highest BCUT2D eigenvalue weighted by molar-refractivity contribution is 7.98. The topological polar surface area (TPSA) is 73.8 Å². The quantitative estimate of drug-likeness (QED) is 0.151. The molecule has 164 valence electrons. The van der Waals surface area contributed by atoms with Gasteiger partial charge in [-0.15, -0.1) is 28.1 Å². The third kappa shape index (κ3) is 4.25. The third-order valence-corrected chi connectivity index (χ3v) is 7.11. The van der Waals surface area contributed by atoms with E-state index in [4.69, 9.17) is 21.0 Å². The van der Waals surface area contributed by atoms with Crippen LogP contribution in [0.25, 0.3) is 32.8 Å². The number of fused-ring (bicyclic) bond motifs is 1. The zero-order chi connectivity index (χ0) is 22.8. The number of hydrogen-bond acceptors (Lipinski definition) is 7. The van der Waals surface area contributed by atoms with Crippen LogP contribution < -0.4 is 5.56 Å². The molecular weight excluding hydrogens is 476 g/mol. The molecule has 0 aliphatic rings. The van der Waals surface area contributed by atoms with Gasteiger partial charge in [0, 0.05) is 17.5 Å². The van der Waals surface area contributed by atoms with Crippen molar-refractivity contribution >= 4 is 44.9 Å². The van der Waals surface area contributed by atoms with E-state index in [1.165, 1.54) is 23.1 Å². The Labute approximate surface area is 202 Å². The first-order valence-electron chi connectivity index (χ1n) is 10.0. The first-order valence-corrected chi connectivity index (χ1v) is 12.3. The molecular formula is C24H17ClN4O2S2. The molecule has 3 heterocycles. The summed E-state index contributed by atoms with van der Waals surface area (Å²) in [6, 6.07) is 17.2. The van der Waals surface area contributed by atoms with Crippen LogP contribution in [0.2, 0.25) is 5.02 Å². The minimum Gasteiger partial charge on any atom is -0.420 e. The Morgan fingerprint density at radius 3 is 2.67 bits per heavy atom. The average molecular weight is 493 g/mol. The van der Waals surface area contributed by atoms with Crippen LogP contribution in [0.1, 0.15) is 5.89 Å². The number of thiophene rings is 1. The molecule has 5 aromatic rings. The van der Waals surface area contributed by atoms with Crippen LogP contribution in [-0.4, -0.2) is 19.7 Å². The van der Waals surface area contributed by atoms with Gasteiger partial charge in [-0.25, -0.2) is 4.98 Å². The highest BCUT2D eigenvalue weighted by Gasteiger charge is 2.18. The number of hydrogen-bond donors (Lipinski definition) is 0. The molecule has 0 radical (unpaired) electrons. The Morgan fingerprint density at radius 1 is 1.09 bits per heavy atom. The van der Waals surface area contributed by atoms with Crippen LogP contribution in [0.5, 0.6) is 0 Å². The normalized spacial score (nSPS) is 11.2. The molecule has 0 N–H and O–H groups in total. The van der Waals surface area contributed by atoms with E-state index in [0.717, 1.165) is 11.1 Å². The maximum Gasteiger partial charge on any atom is 0.263 e. The van der Waals surface area contributed by atoms with E-state index < -0.39 is 0 Å². The van der Waals surface area contributed by atoms with Crippen molar-refractivity contribution in [2.45, 2.75) is 17.5 Å². The molecule has 5 rings (SSSR count). The Morgan fingerprint density at radius 2 is 1.88 bits per heavy atom. The minimum absolute atomic E-state index is 0.0928. The Bertz CT molecular complexity index is 1510. The van der Waals surface area contributed by atoms with E-state index in [1.54, 1.807) is 16.7 Å². The number of halogens is 1. The Balaban J connectivity index is 1.48. The lowest BCUT2D eigenvalue weighted by Gasteiger charge is -2.10. The molecule has 0 saturated heterocycles. The van der Waals surface area contributed by atoms with Crippen molar-refractivity contribution in [1.82, 2.24) is 19.7 Å². The predicted molar refractivity (Wildman–Crippen MR) is 134 cm³/mol. The molecule has 0 aliphatic carbocycles. The summed E-state index contributed by atoms with van der Waals surface area (Å²) in [4.78, 5) is 18.9. The summed E-state index contributed by atoms with van der Waals surface area (Å²) in [5.41, 5.74) is 2.47. The molecule has 0 saturated carbocycles. The van der Waals surface area contributed by atoms with Gasteiger partial charge >= 0.3 is 0 Å². The average Bonchev–Trinajstić information content (AvgIpc) is 3.48. The van der Waals surface area contributed by atoms with Crippen molar-refractivity contribution in [3.63, 3.8) is 0 Å². The van der Waals surface area contributed by atoms with E-state index in [2.05, 4.69) is 16.8 Å². The van der Waals surface area contributed by atoms with Gasteiger partial charge < -0.3 is 4.42 Å². The van der Waals surface area contributed by atoms with Gasteiger partial charge in [0.25, 0.3) is 5.56 Å². The molecule has 0 bridgehead atoms. The minimum atomic E-state index is -0.0928. The molecule has 0 fully saturated rings. The monoisotopic (exact) mass is 492 g/mol. The molecule has 9 heteroatoms. The highest BCUT2D eigenvalue weighted by atomic mass is 35.5. The maximum atomic E-state index is 13.4. The van der Waals surface area contributed by atoms with Crippen molar-refractivity contribution in [2.75, 3.05) is 0 Å². The fraction of sp³-hybridized carbons (Fsp3) is 0.0833. The van der Waals surface area contributed by atoms with Crippen LogP contribution in [0.15, 0.2) is 87.0 Å². The summed E-state index contributed by atoms with van der Waals surface area (Å²) in [7, 11) is 0. The molecule has 0 aliphatic heterocycles. The van der Waals surface area contributed by atoms with Crippen molar-refractivity contribution < 1.29 is 4.42 Å². The number of thioether (sulfide) groups is 1. The largest absolute Gasteiger partial charge is 0.420 e. The van der Waals surface area contributed by atoms with Crippen LogP contribution in [0.3, 0.4) is 0 Å². The third-order valence-electron chi connectivity index (χ3n) is 4.95. The standard InChI is InChI=1S/C24H17ClN4O2S2/c1-2-12-29-23(30)20-17(15-8-4-3-5-9-15)13-32-22(20)26-24(29)33-14-19-27-28-21(31-19)16-10-6-7-11-18(16)25/h2-11,13H,1,12,14H2. The molecule has 0 spiro atoms. The number of aromatic nitrogens is 4. The van der Waals surface area contributed by atoms with E-state index in [9.17, 15) is 4.79 Å². The fourth-order valence-corrected chi connectivity index (χ4v) is 5.47. The van der Waals surface area contributed by atoms with E-state index in [-0.39, 0.29) is 5.56 Å². The van der Waals surface area contributed by atoms with Gasteiger partial charge in [0.2, 0.25) is 11.8 Å². The van der Waals surface area contributed by atoms with E-state index in [0.29, 0.717) is 50.0 Å². The lowest BCUT2D eigenvalue weighted by Crippen LogP contribution is -2.22. The van der Waals surface area contributed by atoms with Gasteiger partial charge in [-0.3, -0.25) is 9.36 Å². The Hall–Kier alpha value is -3.20. The number of allylic oxidation sites excluding steroid dienone is 1. The van der Waals surface area contributed by atoms with Gasteiger partial charge in [-0.2, -0.15) is 0 Å². The summed E-state index contributed by atoms with van der Waals surface area (Å²) in [6.07, 6.45) is 1.69. The van der Waals surface area contributed by atoms with Crippen molar-refractivity contribution in [1.29, 1.82) is 0 Å². The predicted octanol–water partition coefficient (Wildman–Crippen LogP) is 6.31. The first-order chi connectivity index (χ1) is 16.2. The van der Waals surface area contributed by atoms with Gasteiger partial charge in [0.1, 0.15) is 4.83 Å². The molecule has 3 aromatic heterocycles. The molecule has 0 amide bonds. The van der Waals surface area contributed by atoms with Crippen LogP contribution in [-0.2, 0) is 12.3 Å². The van der Waals surface area contributed by atoms with Crippen molar-refractivity contribution in [3.8, 4) is 22.6 Å². The molecule has 6 nitrogen and oxygen atoms in total. The smallest absolute Gasteiger partial charge is 0.263 e. The zero-order valence-electron chi connectivity index (χ0n) is 17.3. The lowest BCUT2D eigenvalue weighted by molar-refractivity contribution is 0.528. The van der Waals surface area contributed by atoms with Crippen LogP contribution in [0, 0.1) is 0 Å². The molecule has 33 heavy (non-hydrogen) atoms. The zero-order valence-corrected chi connectivity index (χ0v) is 19.7. The summed E-state index contributed by atoms with van der Waals surface area (Å²) in [6.45, 7) is 4.15. The van der Waals surface area contributed by atoms with Gasteiger partial charge in [0.05, 0.1) is 21.7 Å². The summed E-state index contributed by atoms with van der Waals surface area (Å²) in [5, 5.41) is 11.9. The first kappa shape index (κ1) is 21.6.